The summed E-state index contributed by atoms with van der Waals surface area (Å²) < 4.78 is 42.3. The standard InChI is InChI=1S/C21H22F3N5O3S/c1-11-9-28(19-15(23)7-12(8-25-19)6-13(31)10-30)4-5-29(11)21(32)27-20-26-18-16(33-20)3-2-14(22)17(18)24/h2-3,7-8,11,13,30-31H,4-6,9-10H2,1H3,(H,26,27,32). The van der Waals surface area contributed by atoms with Gasteiger partial charge < -0.3 is 20.0 Å². The van der Waals surface area contributed by atoms with Gasteiger partial charge in [0.1, 0.15) is 5.52 Å². The Kier molecular flexibility index (Phi) is 6.68. The zero-order valence-electron chi connectivity index (χ0n) is 17.6. The Morgan fingerprint density at radius 2 is 2.09 bits per heavy atom. The number of aliphatic hydroxyl groups is 2. The number of piperazine rings is 1. The van der Waals surface area contributed by atoms with Crippen LogP contribution in [0.5, 0.6) is 0 Å². The minimum Gasteiger partial charge on any atom is -0.394 e. The van der Waals surface area contributed by atoms with Gasteiger partial charge in [0.05, 0.1) is 17.4 Å². The van der Waals surface area contributed by atoms with Crippen LogP contribution in [0.3, 0.4) is 0 Å². The summed E-state index contributed by atoms with van der Waals surface area (Å²) in [6.07, 6.45) is 0.564. The summed E-state index contributed by atoms with van der Waals surface area (Å²) in [6.45, 7) is 2.33. The molecule has 3 N–H and O–H groups in total. The zero-order chi connectivity index (χ0) is 23.7. The van der Waals surface area contributed by atoms with Crippen LogP contribution in [-0.4, -0.2) is 69.5 Å². The molecule has 0 radical (unpaired) electrons. The highest BCUT2D eigenvalue weighted by molar-refractivity contribution is 7.22. The van der Waals surface area contributed by atoms with E-state index in [1.54, 1.807) is 9.80 Å². The lowest BCUT2D eigenvalue weighted by atomic mass is 10.1. The molecule has 8 nitrogen and oxygen atoms in total. The predicted octanol–water partition coefficient (Wildman–Crippen LogP) is 2.75. The summed E-state index contributed by atoms with van der Waals surface area (Å²) in [6, 6.07) is 2.96. The number of rotatable bonds is 5. The molecule has 2 amide bonds. The number of carbonyl (C=O) groups is 1. The molecule has 1 aliphatic rings. The van der Waals surface area contributed by atoms with Crippen LogP contribution >= 0.6 is 11.3 Å². The van der Waals surface area contributed by atoms with E-state index < -0.39 is 36.2 Å². The van der Waals surface area contributed by atoms with Crippen molar-refractivity contribution in [2.75, 3.05) is 36.5 Å². The fourth-order valence-corrected chi connectivity index (χ4v) is 4.61. The Hall–Kier alpha value is -2.96. The molecule has 1 aromatic carbocycles. The lowest BCUT2D eigenvalue weighted by molar-refractivity contribution is 0.0954. The van der Waals surface area contributed by atoms with E-state index in [1.165, 1.54) is 18.3 Å². The van der Waals surface area contributed by atoms with Crippen LogP contribution in [0.15, 0.2) is 24.4 Å². The Bertz CT molecular complexity index is 1180. The van der Waals surface area contributed by atoms with Crippen LogP contribution in [0.1, 0.15) is 12.5 Å². The fraction of sp³-hybridized carbons (Fsp3) is 0.381. The van der Waals surface area contributed by atoms with Gasteiger partial charge >= 0.3 is 6.03 Å². The minimum atomic E-state index is -1.06. The maximum atomic E-state index is 14.6. The molecule has 4 rings (SSSR count). The molecule has 1 aliphatic heterocycles. The van der Waals surface area contributed by atoms with Gasteiger partial charge in [-0.15, -0.1) is 0 Å². The molecule has 3 heterocycles. The van der Waals surface area contributed by atoms with Crippen molar-refractivity contribution in [3.05, 3.63) is 47.4 Å². The summed E-state index contributed by atoms with van der Waals surface area (Å²) in [5.74, 6) is -2.47. The smallest absolute Gasteiger partial charge is 0.324 e. The van der Waals surface area contributed by atoms with Crippen molar-refractivity contribution in [1.82, 2.24) is 14.9 Å². The highest BCUT2D eigenvalue weighted by Crippen LogP contribution is 2.29. The van der Waals surface area contributed by atoms with Crippen molar-refractivity contribution in [2.24, 2.45) is 0 Å². The summed E-state index contributed by atoms with van der Waals surface area (Å²) in [5.41, 5.74) is 0.334. The number of benzene rings is 1. The summed E-state index contributed by atoms with van der Waals surface area (Å²) >= 11 is 1.04. The lowest BCUT2D eigenvalue weighted by Crippen LogP contribution is -2.55. The molecule has 0 aliphatic carbocycles. The van der Waals surface area contributed by atoms with Crippen molar-refractivity contribution in [2.45, 2.75) is 25.5 Å². The third kappa shape index (κ3) is 4.87. The van der Waals surface area contributed by atoms with Crippen LogP contribution in [0.4, 0.5) is 28.9 Å². The zero-order valence-corrected chi connectivity index (χ0v) is 18.4. The number of hydrogen-bond acceptors (Lipinski definition) is 7. The van der Waals surface area contributed by atoms with Crippen molar-refractivity contribution in [3.63, 3.8) is 0 Å². The van der Waals surface area contributed by atoms with E-state index in [-0.39, 0.29) is 35.5 Å². The van der Waals surface area contributed by atoms with Crippen molar-refractivity contribution >= 4 is 38.5 Å². The Balaban J connectivity index is 1.41. The second-order valence-corrected chi connectivity index (χ2v) is 8.87. The monoisotopic (exact) mass is 481 g/mol. The van der Waals surface area contributed by atoms with E-state index in [2.05, 4.69) is 15.3 Å². The first-order valence-electron chi connectivity index (χ1n) is 10.3. The van der Waals surface area contributed by atoms with E-state index >= 15 is 0 Å². The van der Waals surface area contributed by atoms with Gasteiger partial charge in [-0.25, -0.2) is 27.9 Å². The van der Waals surface area contributed by atoms with Gasteiger partial charge in [-0.05, 0) is 30.7 Å². The van der Waals surface area contributed by atoms with Gasteiger partial charge in [-0.3, -0.25) is 5.32 Å². The molecule has 1 saturated heterocycles. The number of pyridine rings is 1. The predicted molar refractivity (Wildman–Crippen MR) is 118 cm³/mol. The van der Waals surface area contributed by atoms with Crippen molar-refractivity contribution in [1.29, 1.82) is 0 Å². The van der Waals surface area contributed by atoms with Gasteiger partial charge in [0.15, 0.2) is 28.4 Å². The maximum Gasteiger partial charge on any atom is 0.324 e. The van der Waals surface area contributed by atoms with Crippen molar-refractivity contribution < 1.29 is 28.2 Å². The molecular weight excluding hydrogens is 459 g/mol. The minimum absolute atomic E-state index is 0.0906. The second-order valence-electron chi connectivity index (χ2n) is 7.84. The molecule has 176 valence electrons. The molecule has 2 unspecified atom stereocenters. The number of nitrogens with zero attached hydrogens (tertiary/aromatic N) is 4. The number of urea groups is 1. The first-order chi connectivity index (χ1) is 15.8. The molecule has 33 heavy (non-hydrogen) atoms. The quantitative estimate of drug-likeness (QED) is 0.518. The molecule has 12 heteroatoms. The van der Waals surface area contributed by atoms with Gasteiger partial charge in [0.25, 0.3) is 0 Å². The number of aliphatic hydroxyl groups excluding tert-OH is 2. The highest BCUT2D eigenvalue weighted by atomic mass is 32.1. The number of thiazole rings is 1. The number of nitrogens with one attached hydrogen (secondary N) is 1. The molecule has 1 fully saturated rings. The van der Waals surface area contributed by atoms with E-state index in [4.69, 9.17) is 5.11 Å². The van der Waals surface area contributed by atoms with E-state index in [0.29, 0.717) is 23.4 Å². The molecular formula is C21H22F3N5O3S. The number of fused-ring (bicyclic) bond motifs is 1. The van der Waals surface area contributed by atoms with Gasteiger partial charge in [-0.1, -0.05) is 11.3 Å². The number of hydrogen-bond donors (Lipinski definition) is 3. The van der Waals surface area contributed by atoms with E-state index in [9.17, 15) is 23.1 Å². The Labute approximate surface area is 191 Å². The third-order valence-electron chi connectivity index (χ3n) is 5.41. The third-order valence-corrected chi connectivity index (χ3v) is 6.35. The topological polar surface area (TPSA) is 102 Å². The number of aromatic nitrogens is 2. The maximum absolute atomic E-state index is 14.6. The molecule has 0 saturated carbocycles. The fourth-order valence-electron chi connectivity index (χ4n) is 3.76. The van der Waals surface area contributed by atoms with Crippen molar-refractivity contribution in [3.8, 4) is 0 Å². The number of carbonyl (C=O) groups excluding carboxylic acids is 1. The first-order valence-corrected chi connectivity index (χ1v) is 11.1. The molecule has 3 aromatic rings. The summed E-state index contributed by atoms with van der Waals surface area (Å²) in [4.78, 5) is 24.2. The highest BCUT2D eigenvalue weighted by Gasteiger charge is 2.30. The summed E-state index contributed by atoms with van der Waals surface area (Å²) in [7, 11) is 0. The van der Waals surface area contributed by atoms with Crippen LogP contribution in [-0.2, 0) is 6.42 Å². The second kappa shape index (κ2) is 9.49. The van der Waals surface area contributed by atoms with Gasteiger partial charge in [0, 0.05) is 38.3 Å². The Morgan fingerprint density at radius 1 is 1.30 bits per heavy atom. The normalized spacial score (nSPS) is 17.5. The molecule has 0 spiro atoms. The number of anilines is 2. The Morgan fingerprint density at radius 3 is 2.79 bits per heavy atom. The number of halogens is 3. The average molecular weight is 482 g/mol. The molecule has 0 bridgehead atoms. The largest absolute Gasteiger partial charge is 0.394 e. The number of amides is 2. The van der Waals surface area contributed by atoms with E-state index in [0.717, 1.165) is 17.4 Å². The van der Waals surface area contributed by atoms with Crippen LogP contribution < -0.4 is 10.2 Å². The van der Waals surface area contributed by atoms with Crippen LogP contribution in [0.25, 0.3) is 10.2 Å². The molecule has 2 atom stereocenters. The first kappa shape index (κ1) is 23.2. The average Bonchev–Trinajstić information content (AvgIpc) is 3.19. The summed E-state index contributed by atoms with van der Waals surface area (Å²) in [5, 5.41) is 21.2. The SMILES string of the molecule is CC1CN(c2ncc(CC(O)CO)cc2F)CCN1C(=O)Nc1nc2c(F)c(F)ccc2s1. The van der Waals surface area contributed by atoms with Crippen LogP contribution in [0.2, 0.25) is 0 Å². The van der Waals surface area contributed by atoms with Crippen LogP contribution in [0, 0.1) is 17.5 Å². The van der Waals surface area contributed by atoms with Gasteiger partial charge in [0.2, 0.25) is 0 Å². The molecule has 2 aromatic heterocycles. The van der Waals surface area contributed by atoms with Gasteiger partial charge in [-0.2, -0.15) is 0 Å². The lowest BCUT2D eigenvalue weighted by Gasteiger charge is -2.40. The van der Waals surface area contributed by atoms with E-state index in [1.807, 2.05) is 6.92 Å².